The number of ether oxygens (including phenoxy) is 1. The molecule has 1 atom stereocenters. The molecule has 3 aromatic rings. The highest BCUT2D eigenvalue weighted by Crippen LogP contribution is 2.43. The summed E-state index contributed by atoms with van der Waals surface area (Å²) in [5.41, 5.74) is 5.59. The van der Waals surface area contributed by atoms with Gasteiger partial charge in [0, 0.05) is 6.20 Å². The second-order valence-corrected chi connectivity index (χ2v) is 7.68. The lowest BCUT2D eigenvalue weighted by Crippen LogP contribution is -2.25. The molecule has 5 heteroatoms. The lowest BCUT2D eigenvalue weighted by atomic mass is 9.95. The number of pyridine rings is 2. The van der Waals surface area contributed by atoms with E-state index in [9.17, 15) is 14.7 Å². The van der Waals surface area contributed by atoms with Crippen molar-refractivity contribution in [1.82, 2.24) is 4.40 Å². The van der Waals surface area contributed by atoms with E-state index in [0.29, 0.717) is 5.92 Å². The number of benzene rings is 1. The predicted octanol–water partition coefficient (Wildman–Crippen LogP) is 4.38. The average Bonchev–Trinajstić information content (AvgIpc) is 3.54. The van der Waals surface area contributed by atoms with E-state index in [1.165, 1.54) is 0 Å². The Morgan fingerprint density at radius 3 is 2.52 bits per heavy atom. The maximum absolute atomic E-state index is 13.0. The van der Waals surface area contributed by atoms with Crippen LogP contribution in [-0.2, 0) is 4.74 Å². The van der Waals surface area contributed by atoms with Crippen molar-refractivity contribution in [2.75, 3.05) is 6.61 Å². The van der Waals surface area contributed by atoms with Gasteiger partial charge in [-0.25, -0.2) is 4.79 Å². The number of aromatic nitrogens is 1. The second kappa shape index (κ2) is 7.48. The fraction of sp³-hybridized carbons (Fsp3) is 0.333. The number of hydrogen-bond acceptors (Lipinski definition) is 4. The zero-order valence-corrected chi connectivity index (χ0v) is 16.9. The van der Waals surface area contributed by atoms with Crippen molar-refractivity contribution in [2.45, 2.75) is 45.6 Å². The van der Waals surface area contributed by atoms with Crippen LogP contribution in [0.3, 0.4) is 0 Å². The maximum atomic E-state index is 13.0. The Morgan fingerprint density at radius 2 is 1.93 bits per heavy atom. The Morgan fingerprint density at radius 1 is 1.24 bits per heavy atom. The summed E-state index contributed by atoms with van der Waals surface area (Å²) in [5.74, 6) is -0.199. The molecule has 1 aromatic carbocycles. The van der Waals surface area contributed by atoms with Crippen LogP contribution in [0.5, 0.6) is 0 Å². The van der Waals surface area contributed by atoms with Gasteiger partial charge in [0.2, 0.25) is 0 Å². The van der Waals surface area contributed by atoms with Crippen LogP contribution in [0.4, 0.5) is 0 Å². The van der Waals surface area contributed by atoms with Gasteiger partial charge in [-0.2, -0.15) is 0 Å². The molecule has 2 heterocycles. The fourth-order valence-corrected chi connectivity index (χ4v) is 3.91. The van der Waals surface area contributed by atoms with Crippen LogP contribution in [0.1, 0.15) is 65.8 Å². The van der Waals surface area contributed by atoms with Gasteiger partial charge in [-0.1, -0.05) is 24.3 Å². The number of fused-ring (bicyclic) bond motifs is 1. The van der Waals surface area contributed by atoms with Crippen LogP contribution < -0.4 is 5.56 Å². The van der Waals surface area contributed by atoms with Gasteiger partial charge < -0.3 is 9.84 Å². The van der Waals surface area contributed by atoms with Crippen LogP contribution in [0.15, 0.2) is 47.4 Å². The SMILES string of the molecule is CCOC(=O)c1cc(C2CC2)c2c(C)c(-c3ccc(C(C)O)cc3)ccn2c1=O. The zero-order chi connectivity index (χ0) is 20.7. The van der Waals surface area contributed by atoms with E-state index < -0.39 is 12.1 Å². The number of nitrogens with zero attached hydrogens (tertiary/aromatic N) is 1. The molecule has 29 heavy (non-hydrogen) atoms. The van der Waals surface area contributed by atoms with Crippen LogP contribution in [0.25, 0.3) is 16.6 Å². The lowest BCUT2D eigenvalue weighted by Gasteiger charge is -2.16. The molecular weight excluding hydrogens is 366 g/mol. The molecule has 1 fully saturated rings. The minimum Gasteiger partial charge on any atom is -0.462 e. The van der Waals surface area contributed by atoms with E-state index in [4.69, 9.17) is 4.74 Å². The maximum Gasteiger partial charge on any atom is 0.343 e. The highest BCUT2D eigenvalue weighted by Gasteiger charge is 2.29. The van der Waals surface area contributed by atoms with E-state index in [1.54, 1.807) is 30.5 Å². The molecule has 1 aliphatic rings. The summed E-state index contributed by atoms with van der Waals surface area (Å²) in [6.45, 7) is 5.73. The Kier molecular flexibility index (Phi) is 5.01. The van der Waals surface area contributed by atoms with Gasteiger partial charge >= 0.3 is 5.97 Å². The largest absolute Gasteiger partial charge is 0.462 e. The van der Waals surface area contributed by atoms with Gasteiger partial charge in [0.25, 0.3) is 5.56 Å². The lowest BCUT2D eigenvalue weighted by molar-refractivity contribution is 0.0524. The molecule has 1 aliphatic carbocycles. The molecule has 0 radical (unpaired) electrons. The van der Waals surface area contributed by atoms with Crippen molar-refractivity contribution in [2.24, 2.45) is 0 Å². The first-order valence-electron chi connectivity index (χ1n) is 10.1. The van der Waals surface area contributed by atoms with E-state index in [1.807, 2.05) is 37.3 Å². The first kappa shape index (κ1) is 19.4. The van der Waals surface area contributed by atoms with Gasteiger partial charge in [0.1, 0.15) is 5.56 Å². The number of aliphatic hydroxyl groups is 1. The minimum atomic E-state index is -0.566. The monoisotopic (exact) mass is 391 g/mol. The summed E-state index contributed by atoms with van der Waals surface area (Å²) in [6, 6.07) is 11.5. The molecule has 0 spiro atoms. The molecular formula is C24H25NO4. The fourth-order valence-electron chi connectivity index (χ4n) is 3.91. The van der Waals surface area contributed by atoms with Crippen LogP contribution >= 0.6 is 0 Å². The van der Waals surface area contributed by atoms with Crippen molar-refractivity contribution < 1.29 is 14.6 Å². The third-order valence-electron chi connectivity index (χ3n) is 5.63. The molecule has 2 aromatic heterocycles. The Hall–Kier alpha value is -2.92. The van der Waals surface area contributed by atoms with Gasteiger partial charge in [-0.05, 0) is 79.5 Å². The van der Waals surface area contributed by atoms with Crippen molar-refractivity contribution in [3.63, 3.8) is 0 Å². The molecule has 0 amide bonds. The third-order valence-corrected chi connectivity index (χ3v) is 5.63. The quantitative estimate of drug-likeness (QED) is 0.655. The first-order chi connectivity index (χ1) is 13.9. The highest BCUT2D eigenvalue weighted by molar-refractivity contribution is 5.91. The van der Waals surface area contributed by atoms with Crippen molar-refractivity contribution in [3.05, 3.63) is 75.2 Å². The van der Waals surface area contributed by atoms with E-state index >= 15 is 0 Å². The van der Waals surface area contributed by atoms with Crippen LogP contribution in [0, 0.1) is 6.92 Å². The number of rotatable bonds is 5. The molecule has 5 nitrogen and oxygen atoms in total. The Balaban J connectivity index is 1.92. The molecule has 150 valence electrons. The van der Waals surface area contributed by atoms with Gasteiger partial charge in [-0.3, -0.25) is 9.20 Å². The van der Waals surface area contributed by atoms with Crippen LogP contribution in [-0.4, -0.2) is 22.1 Å². The topological polar surface area (TPSA) is 68.0 Å². The van der Waals surface area contributed by atoms with Gasteiger partial charge in [-0.15, -0.1) is 0 Å². The molecule has 1 N–H and O–H groups in total. The second-order valence-electron chi connectivity index (χ2n) is 7.68. The summed E-state index contributed by atoms with van der Waals surface area (Å²) in [7, 11) is 0. The number of esters is 1. The molecule has 1 unspecified atom stereocenters. The Bertz CT molecular complexity index is 1140. The van der Waals surface area contributed by atoms with Crippen molar-refractivity contribution in [3.8, 4) is 11.1 Å². The molecule has 4 rings (SSSR count). The third kappa shape index (κ3) is 3.47. The molecule has 0 bridgehead atoms. The molecule has 0 saturated heterocycles. The number of carbonyl (C=O) groups is 1. The van der Waals surface area contributed by atoms with E-state index in [-0.39, 0.29) is 17.7 Å². The number of aliphatic hydroxyl groups excluding tert-OH is 1. The highest BCUT2D eigenvalue weighted by atomic mass is 16.5. The van der Waals surface area contributed by atoms with Crippen molar-refractivity contribution in [1.29, 1.82) is 0 Å². The predicted molar refractivity (Wildman–Crippen MR) is 112 cm³/mol. The summed E-state index contributed by atoms with van der Waals surface area (Å²) in [5, 5.41) is 9.75. The summed E-state index contributed by atoms with van der Waals surface area (Å²) in [6.07, 6.45) is 3.35. The summed E-state index contributed by atoms with van der Waals surface area (Å²) >= 11 is 0. The minimum absolute atomic E-state index is 0.0969. The van der Waals surface area contributed by atoms with E-state index in [0.717, 1.165) is 46.2 Å². The zero-order valence-electron chi connectivity index (χ0n) is 16.9. The summed E-state index contributed by atoms with van der Waals surface area (Å²) < 4.78 is 6.68. The van der Waals surface area contributed by atoms with E-state index in [2.05, 4.69) is 0 Å². The number of aryl methyl sites for hydroxylation is 1. The average molecular weight is 391 g/mol. The van der Waals surface area contributed by atoms with Gasteiger partial charge in [0.05, 0.1) is 18.2 Å². The molecule has 1 saturated carbocycles. The first-order valence-corrected chi connectivity index (χ1v) is 10.1. The summed E-state index contributed by atoms with van der Waals surface area (Å²) in [4.78, 5) is 25.3. The normalized spacial score (nSPS) is 14.8. The number of carbonyl (C=O) groups excluding carboxylic acids is 1. The van der Waals surface area contributed by atoms with Crippen molar-refractivity contribution >= 4 is 11.5 Å². The van der Waals surface area contributed by atoms with Gasteiger partial charge in [0.15, 0.2) is 0 Å². The number of hydrogen-bond donors (Lipinski definition) is 1. The Labute approximate surface area is 169 Å². The van der Waals surface area contributed by atoms with Crippen LogP contribution in [0.2, 0.25) is 0 Å². The molecule has 0 aliphatic heterocycles. The smallest absolute Gasteiger partial charge is 0.343 e. The standard InChI is InChI=1S/C24H25NO4/c1-4-29-24(28)21-13-20(18-9-10-18)22-14(2)19(11-12-25(22)23(21)27)17-7-5-16(6-8-17)15(3)26/h5-8,11-13,15,18,26H,4,9-10H2,1-3H3.